The predicted octanol–water partition coefficient (Wildman–Crippen LogP) is 3.01. The smallest absolute Gasteiger partial charge is 0.328 e. The first-order valence-electron chi connectivity index (χ1n) is 6.25. The molecule has 1 aromatic rings. The number of carboxylic acid groups (broad SMARTS) is 1. The number of amides is 1. The van der Waals surface area contributed by atoms with Crippen LogP contribution >= 0.6 is 11.3 Å². The van der Waals surface area contributed by atoms with E-state index in [9.17, 15) is 9.59 Å². The molecule has 0 spiro atoms. The standard InChI is InChI=1S/C14H19NO3S/c1-4-9(2)10(3)15-14(18)13-11(7-8-19-13)5-6-12(16)17/h5-10H,4H2,1-3H3,(H,15,18)(H,16,17)/b6-5+. The Morgan fingerprint density at radius 3 is 2.74 bits per heavy atom. The van der Waals surface area contributed by atoms with E-state index in [2.05, 4.69) is 19.2 Å². The summed E-state index contributed by atoms with van der Waals surface area (Å²) in [4.78, 5) is 23.2. The zero-order chi connectivity index (χ0) is 14.4. The maximum Gasteiger partial charge on any atom is 0.328 e. The van der Waals surface area contributed by atoms with Gasteiger partial charge in [0.15, 0.2) is 0 Å². The van der Waals surface area contributed by atoms with E-state index in [1.165, 1.54) is 17.4 Å². The van der Waals surface area contributed by atoms with Crippen LogP contribution in [0.3, 0.4) is 0 Å². The third-order valence-electron chi connectivity index (χ3n) is 3.16. The lowest BCUT2D eigenvalue weighted by atomic mass is 10.0. The number of carbonyl (C=O) groups excluding carboxylic acids is 1. The van der Waals surface area contributed by atoms with Gasteiger partial charge in [-0.2, -0.15) is 0 Å². The van der Waals surface area contributed by atoms with Gasteiger partial charge in [0, 0.05) is 12.1 Å². The number of nitrogens with one attached hydrogen (secondary N) is 1. The Bertz CT molecular complexity index is 479. The summed E-state index contributed by atoms with van der Waals surface area (Å²) in [6, 6.07) is 1.84. The summed E-state index contributed by atoms with van der Waals surface area (Å²) in [6.07, 6.45) is 3.48. The van der Waals surface area contributed by atoms with Crippen LogP contribution in [0, 0.1) is 5.92 Å². The average Bonchev–Trinajstić information content (AvgIpc) is 2.83. The van der Waals surface area contributed by atoms with Gasteiger partial charge in [0.2, 0.25) is 0 Å². The van der Waals surface area contributed by atoms with Crippen molar-refractivity contribution in [1.29, 1.82) is 0 Å². The van der Waals surface area contributed by atoms with Crippen LogP contribution < -0.4 is 5.32 Å². The van der Waals surface area contributed by atoms with Gasteiger partial charge < -0.3 is 10.4 Å². The zero-order valence-corrected chi connectivity index (χ0v) is 12.2. The van der Waals surface area contributed by atoms with Crippen molar-refractivity contribution >= 4 is 29.3 Å². The maximum atomic E-state index is 12.1. The van der Waals surface area contributed by atoms with Gasteiger partial charge in [-0.15, -0.1) is 11.3 Å². The second kappa shape index (κ2) is 7.09. The first-order valence-corrected chi connectivity index (χ1v) is 7.13. The average molecular weight is 281 g/mol. The van der Waals surface area contributed by atoms with E-state index in [-0.39, 0.29) is 11.9 Å². The van der Waals surface area contributed by atoms with E-state index in [0.717, 1.165) is 12.5 Å². The van der Waals surface area contributed by atoms with Crippen molar-refractivity contribution in [3.05, 3.63) is 28.0 Å². The summed E-state index contributed by atoms with van der Waals surface area (Å²) in [5, 5.41) is 13.3. The molecule has 0 fully saturated rings. The van der Waals surface area contributed by atoms with Crippen LogP contribution in [0.1, 0.15) is 42.4 Å². The van der Waals surface area contributed by atoms with Crippen LogP contribution in [0.4, 0.5) is 0 Å². The molecule has 19 heavy (non-hydrogen) atoms. The molecule has 0 saturated heterocycles. The number of hydrogen-bond donors (Lipinski definition) is 2. The van der Waals surface area contributed by atoms with Crippen LogP contribution in [0.15, 0.2) is 17.5 Å². The van der Waals surface area contributed by atoms with Gasteiger partial charge in [-0.1, -0.05) is 20.3 Å². The Labute approximate surface area is 117 Å². The van der Waals surface area contributed by atoms with Gasteiger partial charge in [-0.25, -0.2) is 4.79 Å². The van der Waals surface area contributed by atoms with E-state index >= 15 is 0 Å². The van der Waals surface area contributed by atoms with Gasteiger partial charge in [-0.3, -0.25) is 4.79 Å². The quantitative estimate of drug-likeness (QED) is 0.788. The Kier molecular flexibility index (Phi) is 5.76. The van der Waals surface area contributed by atoms with E-state index in [1.807, 2.05) is 6.92 Å². The Hall–Kier alpha value is -1.62. The third kappa shape index (κ3) is 4.52. The van der Waals surface area contributed by atoms with Crippen molar-refractivity contribution in [3.63, 3.8) is 0 Å². The molecule has 4 nitrogen and oxygen atoms in total. The highest BCUT2D eigenvalue weighted by Crippen LogP contribution is 2.19. The number of thiophene rings is 1. The molecule has 2 unspecified atom stereocenters. The van der Waals surface area contributed by atoms with Crippen LogP contribution in [0.5, 0.6) is 0 Å². The molecule has 0 radical (unpaired) electrons. The van der Waals surface area contributed by atoms with Crippen molar-refractivity contribution in [1.82, 2.24) is 5.32 Å². The van der Waals surface area contributed by atoms with Crippen LogP contribution in [0.25, 0.3) is 6.08 Å². The summed E-state index contributed by atoms with van der Waals surface area (Å²) >= 11 is 1.31. The highest BCUT2D eigenvalue weighted by atomic mass is 32.1. The molecule has 1 aromatic heterocycles. The largest absolute Gasteiger partial charge is 0.478 e. The molecule has 0 saturated carbocycles. The van der Waals surface area contributed by atoms with Crippen molar-refractivity contribution in [2.24, 2.45) is 5.92 Å². The summed E-state index contributed by atoms with van der Waals surface area (Å²) < 4.78 is 0. The number of carboxylic acids is 1. The zero-order valence-electron chi connectivity index (χ0n) is 11.3. The Morgan fingerprint density at radius 1 is 1.47 bits per heavy atom. The molecule has 2 N–H and O–H groups in total. The molecule has 1 amide bonds. The van der Waals surface area contributed by atoms with E-state index in [0.29, 0.717) is 16.4 Å². The topological polar surface area (TPSA) is 66.4 Å². The van der Waals surface area contributed by atoms with E-state index in [4.69, 9.17) is 5.11 Å². The molecule has 1 heterocycles. The highest BCUT2D eigenvalue weighted by Gasteiger charge is 2.17. The van der Waals surface area contributed by atoms with Gasteiger partial charge in [-0.05, 0) is 35.9 Å². The minimum Gasteiger partial charge on any atom is -0.478 e. The lowest BCUT2D eigenvalue weighted by Gasteiger charge is -2.19. The van der Waals surface area contributed by atoms with Crippen molar-refractivity contribution in [2.75, 3.05) is 0 Å². The molecule has 0 aliphatic rings. The van der Waals surface area contributed by atoms with Crippen LogP contribution in [-0.4, -0.2) is 23.0 Å². The van der Waals surface area contributed by atoms with Crippen molar-refractivity contribution in [2.45, 2.75) is 33.2 Å². The summed E-state index contributed by atoms with van der Waals surface area (Å²) in [7, 11) is 0. The number of carbonyl (C=O) groups is 2. The summed E-state index contributed by atoms with van der Waals surface area (Å²) in [5.41, 5.74) is 0.640. The third-order valence-corrected chi connectivity index (χ3v) is 4.09. The molecule has 0 aliphatic carbocycles. The second-order valence-electron chi connectivity index (χ2n) is 4.52. The minimum absolute atomic E-state index is 0.0934. The van der Waals surface area contributed by atoms with Gasteiger partial charge in [0.1, 0.15) is 0 Å². The fraction of sp³-hybridized carbons (Fsp3) is 0.429. The molecule has 0 bridgehead atoms. The molecule has 0 aromatic carbocycles. The number of hydrogen-bond acceptors (Lipinski definition) is 3. The predicted molar refractivity (Wildman–Crippen MR) is 77.4 cm³/mol. The van der Waals surface area contributed by atoms with Gasteiger partial charge in [0.05, 0.1) is 4.88 Å². The second-order valence-corrected chi connectivity index (χ2v) is 5.44. The van der Waals surface area contributed by atoms with Crippen LogP contribution in [-0.2, 0) is 4.79 Å². The van der Waals surface area contributed by atoms with Crippen molar-refractivity contribution in [3.8, 4) is 0 Å². The van der Waals surface area contributed by atoms with Gasteiger partial charge >= 0.3 is 5.97 Å². The molecule has 0 aliphatic heterocycles. The molecule has 1 rings (SSSR count). The normalized spacial score (nSPS) is 14.3. The Morgan fingerprint density at radius 2 is 2.16 bits per heavy atom. The summed E-state index contributed by atoms with van der Waals surface area (Å²) in [5.74, 6) is -0.764. The lowest BCUT2D eigenvalue weighted by Crippen LogP contribution is -2.36. The molecule has 2 atom stereocenters. The number of aliphatic carboxylic acids is 1. The van der Waals surface area contributed by atoms with E-state index in [1.54, 1.807) is 11.4 Å². The first-order chi connectivity index (χ1) is 8.95. The van der Waals surface area contributed by atoms with Crippen molar-refractivity contribution < 1.29 is 14.7 Å². The Balaban J connectivity index is 2.78. The lowest BCUT2D eigenvalue weighted by molar-refractivity contribution is -0.131. The molecular weight excluding hydrogens is 262 g/mol. The molecular formula is C14H19NO3S. The fourth-order valence-corrected chi connectivity index (χ4v) is 2.35. The first kappa shape index (κ1) is 15.4. The van der Waals surface area contributed by atoms with E-state index < -0.39 is 5.97 Å². The highest BCUT2D eigenvalue weighted by molar-refractivity contribution is 7.12. The monoisotopic (exact) mass is 281 g/mol. The molecule has 5 heteroatoms. The van der Waals surface area contributed by atoms with Gasteiger partial charge in [0.25, 0.3) is 5.91 Å². The molecule has 104 valence electrons. The maximum absolute atomic E-state index is 12.1. The minimum atomic E-state index is -1.02. The van der Waals surface area contributed by atoms with Crippen LogP contribution in [0.2, 0.25) is 0 Å². The number of rotatable bonds is 6. The SMILES string of the molecule is CCC(C)C(C)NC(=O)c1sccc1/C=C/C(=O)O. The summed E-state index contributed by atoms with van der Waals surface area (Å²) in [6.45, 7) is 6.15. The fourth-order valence-electron chi connectivity index (χ4n) is 1.56.